The molecule has 3 aromatic carbocycles. The first-order chi connectivity index (χ1) is 15.9. The largest absolute Gasteiger partial charge is 0.322 e. The first-order valence-corrected chi connectivity index (χ1v) is 10.9. The van der Waals surface area contributed by atoms with Gasteiger partial charge in [0.1, 0.15) is 5.82 Å². The second kappa shape index (κ2) is 9.69. The van der Waals surface area contributed by atoms with Crippen molar-refractivity contribution in [2.24, 2.45) is 0 Å². The lowest BCUT2D eigenvalue weighted by molar-refractivity contribution is 0.209. The predicted octanol–water partition coefficient (Wildman–Crippen LogP) is 5.56. The number of urea groups is 1. The summed E-state index contributed by atoms with van der Waals surface area (Å²) < 4.78 is 14.1. The van der Waals surface area contributed by atoms with Crippen molar-refractivity contribution in [3.05, 3.63) is 111 Å². The van der Waals surface area contributed by atoms with Gasteiger partial charge in [0.15, 0.2) is 0 Å². The molecule has 2 N–H and O–H groups in total. The summed E-state index contributed by atoms with van der Waals surface area (Å²) in [6.45, 7) is 4.48. The molecule has 0 spiro atoms. The predicted molar refractivity (Wildman–Crippen MR) is 130 cm³/mol. The number of nitrogens with one attached hydrogen (secondary N) is 2. The molecule has 5 nitrogen and oxygen atoms in total. The molecule has 6 heteroatoms. The molecule has 33 heavy (non-hydrogen) atoms. The van der Waals surface area contributed by atoms with Gasteiger partial charge in [0, 0.05) is 17.6 Å². The lowest BCUT2D eigenvalue weighted by Crippen LogP contribution is -2.37. The van der Waals surface area contributed by atoms with Crippen LogP contribution in [0.15, 0.2) is 77.6 Å². The first kappa shape index (κ1) is 22.3. The van der Waals surface area contributed by atoms with Crippen molar-refractivity contribution in [1.29, 1.82) is 0 Å². The highest BCUT2D eigenvalue weighted by Gasteiger charge is 2.18. The van der Waals surface area contributed by atoms with Gasteiger partial charge in [0.25, 0.3) is 5.56 Å². The Kier molecular flexibility index (Phi) is 6.54. The number of para-hydroxylation sites is 1. The number of aromatic amines is 1. The number of benzene rings is 3. The Morgan fingerprint density at radius 2 is 1.73 bits per heavy atom. The van der Waals surface area contributed by atoms with Gasteiger partial charge < -0.3 is 15.2 Å². The molecule has 0 bridgehead atoms. The Morgan fingerprint density at radius 3 is 2.52 bits per heavy atom. The van der Waals surface area contributed by atoms with Crippen molar-refractivity contribution in [2.45, 2.75) is 26.8 Å². The minimum absolute atomic E-state index is 0.103. The molecule has 0 saturated heterocycles. The number of aromatic nitrogens is 1. The molecule has 2 amide bonds. The van der Waals surface area contributed by atoms with Gasteiger partial charge >= 0.3 is 6.03 Å². The van der Waals surface area contributed by atoms with Crippen LogP contribution in [0.1, 0.15) is 22.3 Å². The van der Waals surface area contributed by atoms with Gasteiger partial charge in [-0.25, -0.2) is 9.18 Å². The van der Waals surface area contributed by atoms with Crippen LogP contribution >= 0.6 is 0 Å². The smallest absolute Gasteiger partial charge is 0.322 e. The molecule has 0 saturated carbocycles. The highest BCUT2D eigenvalue weighted by Crippen LogP contribution is 2.17. The zero-order valence-corrected chi connectivity index (χ0v) is 18.7. The van der Waals surface area contributed by atoms with E-state index < -0.39 is 11.8 Å². The summed E-state index contributed by atoms with van der Waals surface area (Å²) in [6, 6.07) is 21.2. The highest BCUT2D eigenvalue weighted by atomic mass is 19.1. The molecule has 4 rings (SSSR count). The Labute approximate surface area is 191 Å². The molecule has 0 atom stereocenters. The minimum atomic E-state index is -0.510. The lowest BCUT2D eigenvalue weighted by atomic mass is 10.1. The summed E-state index contributed by atoms with van der Waals surface area (Å²) in [5, 5.41) is 3.55. The van der Waals surface area contributed by atoms with Crippen molar-refractivity contribution < 1.29 is 9.18 Å². The number of carbonyl (C=O) groups excluding carboxylic acids is 1. The molecule has 0 aliphatic rings. The van der Waals surface area contributed by atoms with Crippen LogP contribution in [0.2, 0.25) is 0 Å². The van der Waals surface area contributed by atoms with Crippen molar-refractivity contribution in [2.75, 3.05) is 11.9 Å². The topological polar surface area (TPSA) is 65.2 Å². The van der Waals surface area contributed by atoms with Crippen LogP contribution in [0.25, 0.3) is 10.9 Å². The van der Waals surface area contributed by atoms with Gasteiger partial charge in [-0.05, 0) is 67.1 Å². The van der Waals surface area contributed by atoms with E-state index in [-0.39, 0.29) is 17.8 Å². The summed E-state index contributed by atoms with van der Waals surface area (Å²) in [5.41, 5.74) is 4.40. The normalized spacial score (nSPS) is 10.9. The third-order valence-corrected chi connectivity index (χ3v) is 5.75. The van der Waals surface area contributed by atoms with E-state index in [1.165, 1.54) is 12.1 Å². The Bertz CT molecular complexity index is 1360. The Balaban J connectivity index is 1.63. The van der Waals surface area contributed by atoms with Crippen LogP contribution in [0, 0.1) is 19.7 Å². The van der Waals surface area contributed by atoms with Crippen molar-refractivity contribution in [3.63, 3.8) is 0 Å². The van der Waals surface area contributed by atoms with E-state index in [1.807, 2.05) is 62.4 Å². The van der Waals surface area contributed by atoms with Crippen LogP contribution < -0.4 is 10.9 Å². The van der Waals surface area contributed by atoms with Gasteiger partial charge in [0.2, 0.25) is 0 Å². The number of rotatable bonds is 6. The van der Waals surface area contributed by atoms with E-state index in [9.17, 15) is 14.0 Å². The quantitative estimate of drug-likeness (QED) is 0.410. The second-order valence-corrected chi connectivity index (χ2v) is 8.22. The van der Waals surface area contributed by atoms with Crippen LogP contribution in [0.5, 0.6) is 0 Å². The molecule has 0 aliphatic heterocycles. The highest BCUT2D eigenvalue weighted by molar-refractivity contribution is 5.89. The van der Waals surface area contributed by atoms with E-state index in [4.69, 9.17) is 0 Å². The number of amides is 2. The van der Waals surface area contributed by atoms with E-state index >= 15 is 0 Å². The van der Waals surface area contributed by atoms with Crippen LogP contribution in [-0.4, -0.2) is 22.5 Å². The van der Waals surface area contributed by atoms with E-state index in [2.05, 4.69) is 10.3 Å². The zero-order chi connectivity index (χ0) is 23.4. The van der Waals surface area contributed by atoms with Gasteiger partial charge in [0.05, 0.1) is 12.2 Å². The molecule has 1 heterocycles. The average molecular weight is 444 g/mol. The van der Waals surface area contributed by atoms with E-state index in [0.29, 0.717) is 18.5 Å². The standard InChI is InChI=1S/C27H26FN3O2/c1-18-11-12-24-21(15-18)16-22(26(32)29-24)17-31(14-13-20-8-4-3-7-19(20)2)27(33)30-25-10-6-5-9-23(25)28/h3-12,15-16H,13-14,17H2,1-2H3,(H,29,32)(H,30,33). The van der Waals surface area contributed by atoms with Crippen LogP contribution in [0.3, 0.4) is 0 Å². The Morgan fingerprint density at radius 1 is 0.970 bits per heavy atom. The van der Waals surface area contributed by atoms with Crippen molar-refractivity contribution in [1.82, 2.24) is 9.88 Å². The van der Waals surface area contributed by atoms with Crippen molar-refractivity contribution >= 4 is 22.6 Å². The number of fused-ring (bicyclic) bond motifs is 1. The fourth-order valence-electron chi connectivity index (χ4n) is 3.85. The number of carbonyl (C=O) groups is 1. The molecule has 0 radical (unpaired) electrons. The number of halogens is 1. The number of hydrogen-bond acceptors (Lipinski definition) is 2. The fraction of sp³-hybridized carbons (Fsp3) is 0.185. The summed E-state index contributed by atoms with van der Waals surface area (Å²) >= 11 is 0. The minimum Gasteiger partial charge on any atom is -0.322 e. The number of nitrogens with zero attached hydrogens (tertiary/aromatic N) is 1. The van der Waals surface area contributed by atoms with Gasteiger partial charge in [-0.2, -0.15) is 0 Å². The number of anilines is 1. The molecule has 1 aromatic heterocycles. The number of hydrogen-bond donors (Lipinski definition) is 2. The van der Waals surface area contributed by atoms with Gasteiger partial charge in [-0.15, -0.1) is 0 Å². The molecular formula is C27H26FN3O2. The lowest BCUT2D eigenvalue weighted by Gasteiger charge is -2.24. The van der Waals surface area contributed by atoms with Gasteiger partial charge in [-0.1, -0.05) is 48.0 Å². The fourth-order valence-corrected chi connectivity index (χ4v) is 3.85. The number of aryl methyl sites for hydroxylation is 2. The Hall–Kier alpha value is -3.93. The summed E-state index contributed by atoms with van der Waals surface area (Å²) in [7, 11) is 0. The molecule has 168 valence electrons. The average Bonchev–Trinajstić information content (AvgIpc) is 2.79. The maximum absolute atomic E-state index is 14.1. The van der Waals surface area contributed by atoms with Crippen LogP contribution in [0.4, 0.5) is 14.9 Å². The SMILES string of the molecule is Cc1ccc2[nH]c(=O)c(CN(CCc3ccccc3C)C(=O)Nc3ccccc3F)cc2c1. The molecule has 0 unspecified atom stereocenters. The monoisotopic (exact) mass is 443 g/mol. The summed E-state index contributed by atoms with van der Waals surface area (Å²) in [6.07, 6.45) is 0.613. The van der Waals surface area contributed by atoms with Gasteiger partial charge in [-0.3, -0.25) is 4.79 Å². The first-order valence-electron chi connectivity index (χ1n) is 10.9. The van der Waals surface area contributed by atoms with E-state index in [0.717, 1.165) is 27.6 Å². The molecule has 0 fully saturated rings. The molecule has 0 aliphatic carbocycles. The number of H-pyrrole nitrogens is 1. The third-order valence-electron chi connectivity index (χ3n) is 5.75. The maximum atomic E-state index is 14.1. The molecular weight excluding hydrogens is 417 g/mol. The second-order valence-electron chi connectivity index (χ2n) is 8.22. The van der Waals surface area contributed by atoms with Crippen molar-refractivity contribution in [3.8, 4) is 0 Å². The molecule has 4 aromatic rings. The van der Waals surface area contributed by atoms with Crippen LogP contribution in [-0.2, 0) is 13.0 Å². The van der Waals surface area contributed by atoms with E-state index in [1.54, 1.807) is 17.0 Å². The maximum Gasteiger partial charge on any atom is 0.322 e. The summed E-state index contributed by atoms with van der Waals surface area (Å²) in [4.78, 5) is 30.3. The summed E-state index contributed by atoms with van der Waals surface area (Å²) in [5.74, 6) is -0.510. The zero-order valence-electron chi connectivity index (χ0n) is 18.7. The number of pyridine rings is 1. The third kappa shape index (κ3) is 5.29.